The molecule has 128 valence electrons. The number of aryl methyl sites for hydroxylation is 1. The Kier molecular flexibility index (Phi) is 6.36. The number of rotatable bonds is 7. The molecule has 0 saturated heterocycles. The predicted molar refractivity (Wildman–Crippen MR) is 94.8 cm³/mol. The summed E-state index contributed by atoms with van der Waals surface area (Å²) in [6.07, 6.45) is 1.33. The van der Waals surface area contributed by atoms with Gasteiger partial charge in [-0.1, -0.05) is 29.8 Å². The van der Waals surface area contributed by atoms with Crippen molar-refractivity contribution in [2.75, 3.05) is 13.6 Å². The highest BCUT2D eigenvalue weighted by molar-refractivity contribution is 7.89. The third kappa shape index (κ3) is 4.80. The summed E-state index contributed by atoms with van der Waals surface area (Å²) >= 11 is 6.07. The van der Waals surface area contributed by atoms with Crippen molar-refractivity contribution in [2.24, 2.45) is 0 Å². The SMILES string of the molecule is CNC(=O)c1ccc(S(=O)(=O)NCCCc2ccccc2Cl)cc1. The third-order valence-corrected chi connectivity index (χ3v) is 5.37. The summed E-state index contributed by atoms with van der Waals surface area (Å²) in [7, 11) is -2.07. The molecular formula is C17H19ClN2O3S. The number of amides is 1. The maximum absolute atomic E-state index is 12.2. The summed E-state index contributed by atoms with van der Waals surface area (Å²) in [5, 5.41) is 3.17. The van der Waals surface area contributed by atoms with Crippen LogP contribution in [0.25, 0.3) is 0 Å². The van der Waals surface area contributed by atoms with Gasteiger partial charge in [0.1, 0.15) is 0 Å². The van der Waals surface area contributed by atoms with Crippen LogP contribution < -0.4 is 10.0 Å². The van der Waals surface area contributed by atoms with Crippen molar-refractivity contribution in [2.45, 2.75) is 17.7 Å². The van der Waals surface area contributed by atoms with E-state index in [1.807, 2.05) is 24.3 Å². The zero-order valence-corrected chi connectivity index (χ0v) is 14.8. The summed E-state index contributed by atoms with van der Waals surface area (Å²) in [5.74, 6) is -0.258. The molecule has 0 aliphatic carbocycles. The smallest absolute Gasteiger partial charge is 0.251 e. The lowest BCUT2D eigenvalue weighted by atomic mass is 10.1. The van der Waals surface area contributed by atoms with Crippen molar-refractivity contribution in [3.05, 3.63) is 64.7 Å². The molecule has 2 aromatic rings. The Bertz CT molecular complexity index is 805. The van der Waals surface area contributed by atoms with E-state index in [1.165, 1.54) is 31.3 Å². The summed E-state index contributed by atoms with van der Waals surface area (Å²) in [6, 6.07) is 13.3. The van der Waals surface area contributed by atoms with E-state index in [1.54, 1.807) is 0 Å². The van der Waals surface area contributed by atoms with Crippen LogP contribution in [-0.4, -0.2) is 27.9 Å². The molecule has 0 atom stereocenters. The normalized spacial score (nSPS) is 11.2. The Hall–Kier alpha value is -1.89. The molecule has 0 bridgehead atoms. The van der Waals surface area contributed by atoms with Crippen molar-refractivity contribution in [3.63, 3.8) is 0 Å². The summed E-state index contributed by atoms with van der Waals surface area (Å²) < 4.78 is 27.0. The van der Waals surface area contributed by atoms with Crippen LogP contribution in [0.5, 0.6) is 0 Å². The first-order chi connectivity index (χ1) is 11.4. The van der Waals surface area contributed by atoms with E-state index in [-0.39, 0.29) is 10.8 Å². The van der Waals surface area contributed by atoms with E-state index >= 15 is 0 Å². The second kappa shape index (κ2) is 8.28. The minimum Gasteiger partial charge on any atom is -0.355 e. The van der Waals surface area contributed by atoms with Gasteiger partial charge in [-0.25, -0.2) is 13.1 Å². The van der Waals surface area contributed by atoms with E-state index in [4.69, 9.17) is 11.6 Å². The minimum atomic E-state index is -3.59. The zero-order chi connectivity index (χ0) is 17.6. The number of nitrogens with one attached hydrogen (secondary N) is 2. The topological polar surface area (TPSA) is 75.3 Å². The van der Waals surface area contributed by atoms with Gasteiger partial charge in [0.25, 0.3) is 5.91 Å². The molecule has 0 aliphatic rings. The standard InChI is InChI=1S/C17H19ClN2O3S/c1-19-17(21)14-8-10-15(11-9-14)24(22,23)20-12-4-6-13-5-2-3-7-16(13)18/h2-3,5,7-11,20H,4,6,12H2,1H3,(H,19,21). The van der Waals surface area contributed by atoms with Gasteiger partial charge < -0.3 is 5.32 Å². The molecule has 0 heterocycles. The molecule has 0 fully saturated rings. The number of hydrogen-bond acceptors (Lipinski definition) is 3. The van der Waals surface area contributed by atoms with Crippen LogP contribution in [0.2, 0.25) is 5.02 Å². The second-order valence-corrected chi connectivity index (χ2v) is 7.37. The molecule has 0 spiro atoms. The lowest BCUT2D eigenvalue weighted by Crippen LogP contribution is -2.25. The molecule has 5 nitrogen and oxygen atoms in total. The number of benzene rings is 2. The Balaban J connectivity index is 1.91. The lowest BCUT2D eigenvalue weighted by Gasteiger charge is -2.08. The summed E-state index contributed by atoms with van der Waals surface area (Å²) in [6.45, 7) is 0.310. The summed E-state index contributed by atoms with van der Waals surface area (Å²) in [5.41, 5.74) is 1.41. The van der Waals surface area contributed by atoms with Crippen molar-refractivity contribution < 1.29 is 13.2 Å². The molecule has 2 aromatic carbocycles. The van der Waals surface area contributed by atoms with Crippen LogP contribution in [0, 0.1) is 0 Å². The molecule has 0 aromatic heterocycles. The Morgan fingerprint density at radius 1 is 1.08 bits per heavy atom. The fourth-order valence-corrected chi connectivity index (χ4v) is 3.50. The van der Waals surface area contributed by atoms with Crippen molar-refractivity contribution in [3.8, 4) is 0 Å². The highest BCUT2D eigenvalue weighted by Crippen LogP contribution is 2.16. The van der Waals surface area contributed by atoms with Gasteiger partial charge in [-0.05, 0) is 48.7 Å². The van der Waals surface area contributed by atoms with Crippen LogP contribution in [-0.2, 0) is 16.4 Å². The van der Waals surface area contributed by atoms with Gasteiger partial charge in [0.05, 0.1) is 4.90 Å². The van der Waals surface area contributed by atoms with E-state index in [9.17, 15) is 13.2 Å². The zero-order valence-electron chi connectivity index (χ0n) is 13.3. The fourth-order valence-electron chi connectivity index (χ4n) is 2.20. The van der Waals surface area contributed by atoms with Crippen molar-refractivity contribution >= 4 is 27.5 Å². The molecule has 7 heteroatoms. The number of hydrogen-bond donors (Lipinski definition) is 2. The fraction of sp³-hybridized carbons (Fsp3) is 0.235. The first-order valence-electron chi connectivity index (χ1n) is 7.49. The van der Waals surface area contributed by atoms with Crippen LogP contribution in [0.3, 0.4) is 0 Å². The Morgan fingerprint density at radius 2 is 1.75 bits per heavy atom. The average molecular weight is 367 g/mol. The maximum Gasteiger partial charge on any atom is 0.251 e. The van der Waals surface area contributed by atoms with Gasteiger partial charge in [0.2, 0.25) is 10.0 Å². The van der Waals surface area contributed by atoms with E-state index < -0.39 is 10.0 Å². The molecule has 0 saturated carbocycles. The first kappa shape index (κ1) is 18.4. The maximum atomic E-state index is 12.2. The van der Waals surface area contributed by atoms with Crippen LogP contribution in [0.1, 0.15) is 22.3 Å². The predicted octanol–water partition coefficient (Wildman–Crippen LogP) is 2.61. The molecule has 24 heavy (non-hydrogen) atoms. The van der Waals surface area contributed by atoms with Gasteiger partial charge in [0.15, 0.2) is 0 Å². The van der Waals surface area contributed by atoms with Gasteiger partial charge in [0, 0.05) is 24.2 Å². The first-order valence-corrected chi connectivity index (χ1v) is 9.35. The van der Waals surface area contributed by atoms with Crippen molar-refractivity contribution in [1.82, 2.24) is 10.0 Å². The number of sulfonamides is 1. The largest absolute Gasteiger partial charge is 0.355 e. The number of carbonyl (C=O) groups is 1. The van der Waals surface area contributed by atoms with Crippen LogP contribution in [0.4, 0.5) is 0 Å². The van der Waals surface area contributed by atoms with E-state index in [2.05, 4.69) is 10.0 Å². The van der Waals surface area contributed by atoms with Gasteiger partial charge in [-0.2, -0.15) is 0 Å². The Morgan fingerprint density at radius 3 is 2.38 bits per heavy atom. The number of carbonyl (C=O) groups excluding carboxylic acids is 1. The molecule has 0 unspecified atom stereocenters. The third-order valence-electron chi connectivity index (χ3n) is 3.53. The highest BCUT2D eigenvalue weighted by Gasteiger charge is 2.14. The molecule has 1 amide bonds. The monoisotopic (exact) mass is 366 g/mol. The van der Waals surface area contributed by atoms with Gasteiger partial charge >= 0.3 is 0 Å². The van der Waals surface area contributed by atoms with Crippen LogP contribution >= 0.6 is 11.6 Å². The van der Waals surface area contributed by atoms with E-state index in [0.29, 0.717) is 30.0 Å². The molecular weight excluding hydrogens is 348 g/mol. The van der Waals surface area contributed by atoms with Gasteiger partial charge in [-0.15, -0.1) is 0 Å². The quantitative estimate of drug-likeness (QED) is 0.739. The molecule has 0 radical (unpaired) electrons. The molecule has 0 aliphatic heterocycles. The molecule has 2 rings (SSSR count). The van der Waals surface area contributed by atoms with Gasteiger partial charge in [-0.3, -0.25) is 4.79 Å². The highest BCUT2D eigenvalue weighted by atomic mass is 35.5. The lowest BCUT2D eigenvalue weighted by molar-refractivity contribution is 0.0963. The number of halogens is 1. The van der Waals surface area contributed by atoms with Crippen LogP contribution in [0.15, 0.2) is 53.4 Å². The molecule has 2 N–H and O–H groups in total. The average Bonchev–Trinajstić information content (AvgIpc) is 2.59. The van der Waals surface area contributed by atoms with E-state index in [0.717, 1.165) is 5.56 Å². The van der Waals surface area contributed by atoms with Crippen molar-refractivity contribution in [1.29, 1.82) is 0 Å². The Labute approximate surface area is 147 Å². The second-order valence-electron chi connectivity index (χ2n) is 5.20. The summed E-state index contributed by atoms with van der Waals surface area (Å²) in [4.78, 5) is 11.6. The minimum absolute atomic E-state index is 0.132.